The highest BCUT2D eigenvalue weighted by atomic mass is 16.2. The predicted octanol–water partition coefficient (Wildman–Crippen LogP) is 4.06. The minimum atomic E-state index is -0.500. The van der Waals surface area contributed by atoms with Crippen molar-refractivity contribution in [3.63, 3.8) is 0 Å². The Kier molecular flexibility index (Phi) is 5.00. The molecule has 0 spiro atoms. The Balaban J connectivity index is 1.48. The number of anilines is 1. The first-order chi connectivity index (χ1) is 15.8. The average Bonchev–Trinajstić information content (AvgIpc) is 3.33. The zero-order chi connectivity index (χ0) is 23.2. The van der Waals surface area contributed by atoms with E-state index in [2.05, 4.69) is 54.9 Å². The molecule has 4 aromatic rings. The summed E-state index contributed by atoms with van der Waals surface area (Å²) < 4.78 is 0. The largest absolute Gasteiger partial charge is 0.292 e. The standard InChI is InChI=1S/C25H25N7O/c1-15-21-13-25(3,4)24(33)32(23(21)27-16(2)26-15)14-17-9-11-18(12-10-17)19-7-5-6-8-20(19)22-28-30-31-29-22/h5-12H,13-14H2,1-4H3,(H,28,29,30,31). The summed E-state index contributed by atoms with van der Waals surface area (Å²) in [7, 11) is 0. The highest BCUT2D eigenvalue weighted by molar-refractivity contribution is 5.99. The fourth-order valence-corrected chi connectivity index (χ4v) is 4.45. The quantitative estimate of drug-likeness (QED) is 0.515. The number of aromatic amines is 1. The fraction of sp³-hybridized carbons (Fsp3) is 0.280. The number of tetrazole rings is 1. The van der Waals surface area contributed by atoms with E-state index >= 15 is 0 Å². The molecule has 0 fully saturated rings. The summed E-state index contributed by atoms with van der Waals surface area (Å²) in [6.45, 7) is 8.29. The molecule has 3 heterocycles. The van der Waals surface area contributed by atoms with E-state index in [0.717, 1.165) is 39.3 Å². The maximum Gasteiger partial charge on any atom is 0.234 e. The number of benzene rings is 2. The van der Waals surface area contributed by atoms with Gasteiger partial charge in [0, 0.05) is 22.2 Å². The zero-order valence-corrected chi connectivity index (χ0v) is 19.1. The molecular weight excluding hydrogens is 414 g/mol. The highest BCUT2D eigenvalue weighted by Crippen LogP contribution is 2.38. The molecule has 1 aliphatic heterocycles. The highest BCUT2D eigenvalue weighted by Gasteiger charge is 2.40. The minimum absolute atomic E-state index is 0.0824. The van der Waals surface area contributed by atoms with Crippen molar-refractivity contribution in [2.75, 3.05) is 4.90 Å². The molecule has 0 saturated heterocycles. The first-order valence-electron chi connectivity index (χ1n) is 10.9. The van der Waals surface area contributed by atoms with E-state index in [1.165, 1.54) is 0 Å². The van der Waals surface area contributed by atoms with Gasteiger partial charge in [0.15, 0.2) is 0 Å². The normalized spacial score (nSPS) is 14.9. The first kappa shape index (κ1) is 20.9. The van der Waals surface area contributed by atoms with Gasteiger partial charge in [-0.3, -0.25) is 9.69 Å². The van der Waals surface area contributed by atoms with Crippen LogP contribution in [-0.2, 0) is 17.8 Å². The molecule has 2 aromatic carbocycles. The smallest absolute Gasteiger partial charge is 0.234 e. The summed E-state index contributed by atoms with van der Waals surface area (Å²) in [5.41, 5.74) is 5.49. The number of carbonyl (C=O) groups excluding carboxylic acids is 1. The van der Waals surface area contributed by atoms with E-state index in [1.807, 2.05) is 56.9 Å². The van der Waals surface area contributed by atoms with Crippen LogP contribution in [0.4, 0.5) is 5.82 Å². The maximum atomic E-state index is 13.3. The molecule has 1 amide bonds. The van der Waals surface area contributed by atoms with Crippen LogP contribution in [-0.4, -0.2) is 36.5 Å². The number of H-pyrrole nitrogens is 1. The number of nitrogens with one attached hydrogen (secondary N) is 1. The molecule has 8 heteroatoms. The van der Waals surface area contributed by atoms with Crippen molar-refractivity contribution in [2.45, 2.75) is 40.7 Å². The SMILES string of the molecule is Cc1nc(C)c2c(n1)N(Cc1ccc(-c3ccccc3-c3nn[nH]n3)cc1)C(=O)C(C)(C)C2. The van der Waals surface area contributed by atoms with Crippen LogP contribution in [0.5, 0.6) is 0 Å². The van der Waals surface area contributed by atoms with Gasteiger partial charge in [0.25, 0.3) is 0 Å². The van der Waals surface area contributed by atoms with Crippen molar-refractivity contribution < 1.29 is 4.79 Å². The second-order valence-electron chi connectivity index (χ2n) is 9.09. The molecule has 0 radical (unpaired) electrons. The molecule has 0 saturated carbocycles. The monoisotopic (exact) mass is 439 g/mol. The number of nitrogens with zero attached hydrogens (tertiary/aromatic N) is 6. The van der Waals surface area contributed by atoms with Crippen LogP contribution in [0.2, 0.25) is 0 Å². The maximum absolute atomic E-state index is 13.3. The number of carbonyl (C=O) groups is 1. The number of hydrogen-bond donors (Lipinski definition) is 1. The average molecular weight is 440 g/mol. The Morgan fingerprint density at radius 1 is 1.00 bits per heavy atom. The number of hydrogen-bond acceptors (Lipinski definition) is 6. The van der Waals surface area contributed by atoms with Gasteiger partial charge in [-0.2, -0.15) is 5.21 Å². The van der Waals surface area contributed by atoms with E-state index in [0.29, 0.717) is 24.6 Å². The Morgan fingerprint density at radius 3 is 2.42 bits per heavy atom. The molecule has 0 unspecified atom stereocenters. The van der Waals surface area contributed by atoms with Gasteiger partial charge >= 0.3 is 0 Å². The number of aryl methyl sites for hydroxylation is 2. The second-order valence-corrected chi connectivity index (χ2v) is 9.09. The van der Waals surface area contributed by atoms with Gasteiger partial charge in [0.2, 0.25) is 11.7 Å². The van der Waals surface area contributed by atoms with Crippen LogP contribution in [0.15, 0.2) is 48.5 Å². The molecule has 166 valence electrons. The number of fused-ring (bicyclic) bond motifs is 1. The zero-order valence-electron chi connectivity index (χ0n) is 19.1. The van der Waals surface area contributed by atoms with Gasteiger partial charge in [0.05, 0.1) is 6.54 Å². The first-order valence-corrected chi connectivity index (χ1v) is 10.9. The van der Waals surface area contributed by atoms with Gasteiger partial charge in [0.1, 0.15) is 11.6 Å². The lowest BCUT2D eigenvalue weighted by Gasteiger charge is -2.38. The summed E-state index contributed by atoms with van der Waals surface area (Å²) in [6.07, 6.45) is 0.648. The predicted molar refractivity (Wildman–Crippen MR) is 125 cm³/mol. The lowest BCUT2D eigenvalue weighted by atomic mass is 9.80. The van der Waals surface area contributed by atoms with Crippen LogP contribution in [0, 0.1) is 19.3 Å². The molecule has 33 heavy (non-hydrogen) atoms. The summed E-state index contributed by atoms with van der Waals surface area (Å²) in [5, 5.41) is 14.4. The number of amides is 1. The second kappa shape index (κ2) is 7.88. The Hall–Kier alpha value is -3.94. The van der Waals surface area contributed by atoms with E-state index in [-0.39, 0.29) is 5.91 Å². The molecule has 8 nitrogen and oxygen atoms in total. The van der Waals surface area contributed by atoms with E-state index in [9.17, 15) is 4.79 Å². The van der Waals surface area contributed by atoms with Gasteiger partial charge in [-0.25, -0.2) is 9.97 Å². The van der Waals surface area contributed by atoms with E-state index in [4.69, 9.17) is 0 Å². The van der Waals surface area contributed by atoms with Crippen LogP contribution in [0.3, 0.4) is 0 Å². The van der Waals surface area contributed by atoms with Gasteiger partial charge < -0.3 is 0 Å². The summed E-state index contributed by atoms with van der Waals surface area (Å²) in [4.78, 5) is 24.3. The van der Waals surface area contributed by atoms with Crippen LogP contribution in [0.25, 0.3) is 22.5 Å². The number of aromatic nitrogens is 6. The third-order valence-electron chi connectivity index (χ3n) is 6.12. The summed E-state index contributed by atoms with van der Waals surface area (Å²) in [5.74, 6) is 2.05. The fourth-order valence-electron chi connectivity index (χ4n) is 4.45. The van der Waals surface area contributed by atoms with Gasteiger partial charge in [-0.1, -0.05) is 62.4 Å². The van der Waals surface area contributed by atoms with Crippen LogP contribution < -0.4 is 4.90 Å². The minimum Gasteiger partial charge on any atom is -0.292 e. The van der Waals surface area contributed by atoms with Crippen LogP contribution in [0.1, 0.15) is 36.5 Å². The Labute approximate surface area is 192 Å². The van der Waals surface area contributed by atoms with Gasteiger partial charge in [-0.15, -0.1) is 10.2 Å². The molecule has 1 aliphatic rings. The Morgan fingerprint density at radius 2 is 1.73 bits per heavy atom. The summed E-state index contributed by atoms with van der Waals surface area (Å²) >= 11 is 0. The Bertz CT molecular complexity index is 1330. The van der Waals surface area contributed by atoms with Gasteiger partial charge in [-0.05, 0) is 42.2 Å². The van der Waals surface area contributed by atoms with Crippen molar-refractivity contribution in [3.8, 4) is 22.5 Å². The van der Waals surface area contributed by atoms with Crippen LogP contribution >= 0.6 is 0 Å². The van der Waals surface area contributed by atoms with Crippen molar-refractivity contribution in [1.29, 1.82) is 0 Å². The molecule has 1 N–H and O–H groups in total. The third kappa shape index (κ3) is 3.77. The molecule has 2 aromatic heterocycles. The van der Waals surface area contributed by atoms with Crippen molar-refractivity contribution in [2.24, 2.45) is 5.41 Å². The van der Waals surface area contributed by atoms with Crippen molar-refractivity contribution in [3.05, 3.63) is 71.2 Å². The lowest BCUT2D eigenvalue weighted by molar-refractivity contribution is -0.127. The summed E-state index contributed by atoms with van der Waals surface area (Å²) in [6, 6.07) is 16.2. The van der Waals surface area contributed by atoms with E-state index < -0.39 is 5.41 Å². The molecule has 0 bridgehead atoms. The molecule has 0 atom stereocenters. The van der Waals surface area contributed by atoms with Crippen molar-refractivity contribution >= 4 is 11.7 Å². The topological polar surface area (TPSA) is 101 Å². The molecule has 5 rings (SSSR count). The number of rotatable bonds is 4. The molecule has 0 aliphatic carbocycles. The molecular formula is C25H25N7O. The third-order valence-corrected chi connectivity index (χ3v) is 6.12. The lowest BCUT2D eigenvalue weighted by Crippen LogP contribution is -2.46. The van der Waals surface area contributed by atoms with Crippen molar-refractivity contribution in [1.82, 2.24) is 30.6 Å². The van der Waals surface area contributed by atoms with E-state index in [1.54, 1.807) is 0 Å².